The van der Waals surface area contributed by atoms with Crippen molar-refractivity contribution < 1.29 is 51.3 Å². The molecule has 3 aromatic rings. The summed E-state index contributed by atoms with van der Waals surface area (Å²) < 4.78 is 0. The molecule has 0 radical (unpaired) electrons. The maximum atomic E-state index is 2.19. The van der Waals surface area contributed by atoms with Gasteiger partial charge >= 0.3 is 48.4 Å². The Hall–Kier alpha value is -0.483. The van der Waals surface area contributed by atoms with E-state index >= 15 is 0 Å². The molecule has 0 aliphatic rings. The summed E-state index contributed by atoms with van der Waals surface area (Å²) in [5, 5.41) is 2.62. The molecule has 0 saturated carbocycles. The smallest absolute Gasteiger partial charge is 1.00 e. The molecule has 0 aliphatic heterocycles. The minimum atomic E-state index is 0. The van der Waals surface area contributed by atoms with E-state index in [4.69, 9.17) is 0 Å². The fourth-order valence-electron chi connectivity index (χ4n) is 2.34. The third-order valence-electron chi connectivity index (χ3n) is 3.02. The zero-order chi connectivity index (χ0) is 13.7. The molecule has 21 heavy (non-hydrogen) atoms. The zero-order valence-electron chi connectivity index (χ0n) is 15.9. The van der Waals surface area contributed by atoms with Gasteiger partial charge in [0.15, 0.2) is 0 Å². The molecule has 100 valence electrons. The number of rotatable bonds is 0. The molecule has 0 heterocycles. The first-order valence-electron chi connectivity index (χ1n) is 6.64. The maximum Gasteiger partial charge on any atom is 1.00 e. The summed E-state index contributed by atoms with van der Waals surface area (Å²) in [6.07, 6.45) is 0. The molecule has 0 saturated heterocycles. The monoisotopic (exact) mass is 280 g/mol. The van der Waals surface area contributed by atoms with E-state index in [-0.39, 0.29) is 51.3 Å². The van der Waals surface area contributed by atoms with Crippen LogP contribution in [-0.4, -0.2) is 0 Å². The van der Waals surface area contributed by atoms with Crippen molar-refractivity contribution in [2.75, 3.05) is 0 Å². The Bertz CT molecular complexity index is 571. The Kier molecular flexibility index (Phi) is 10.0. The predicted molar refractivity (Wildman–Crippen MR) is 86.8 cm³/mol. The van der Waals surface area contributed by atoms with Gasteiger partial charge in [-0.15, -0.1) is 0 Å². The van der Waals surface area contributed by atoms with E-state index in [0.717, 1.165) is 0 Å². The second-order valence-electron chi connectivity index (χ2n) is 5.01. The summed E-state index contributed by atoms with van der Waals surface area (Å²) in [7, 11) is 0. The van der Waals surface area contributed by atoms with Crippen LogP contribution in [0.2, 0.25) is 0 Å². The van der Waals surface area contributed by atoms with Gasteiger partial charge in [0.2, 0.25) is 0 Å². The molecule has 0 fully saturated rings. The quantitative estimate of drug-likeness (QED) is 0.495. The summed E-state index contributed by atoms with van der Waals surface area (Å²) in [5.74, 6) is 0. The van der Waals surface area contributed by atoms with Crippen LogP contribution < -0.4 is 48.4 Å². The molecule has 0 unspecified atom stereocenters. The molecule has 0 bridgehead atoms. The standard InChI is InChI=1S/C10H8.C9H12.Li.Na.2H/c1-2-6-10-8-4-3-7-9(10)5-1;1-7-4-8(2)6-9(3)5-7;;;;/h1-8H;4-6H,1-3H3;;;;/q;;2*+1;2*-1. The van der Waals surface area contributed by atoms with Crippen molar-refractivity contribution in [1.29, 1.82) is 0 Å². The topological polar surface area (TPSA) is 0 Å². The third kappa shape index (κ3) is 6.87. The number of benzene rings is 3. The van der Waals surface area contributed by atoms with Crippen molar-refractivity contribution in [2.24, 2.45) is 0 Å². The van der Waals surface area contributed by atoms with Crippen LogP contribution in [0.5, 0.6) is 0 Å². The molecule has 0 N–H and O–H groups in total. The van der Waals surface area contributed by atoms with Crippen LogP contribution in [0.1, 0.15) is 19.5 Å². The minimum absolute atomic E-state index is 0. The van der Waals surface area contributed by atoms with Crippen molar-refractivity contribution >= 4 is 10.8 Å². The molecule has 0 aromatic heterocycles. The van der Waals surface area contributed by atoms with Crippen molar-refractivity contribution in [3.63, 3.8) is 0 Å². The Labute approximate surface area is 165 Å². The van der Waals surface area contributed by atoms with Crippen LogP contribution >= 0.6 is 0 Å². The predicted octanol–water partition coefficient (Wildman–Crippen LogP) is -0.315. The normalized spacial score (nSPS) is 8.90. The summed E-state index contributed by atoms with van der Waals surface area (Å²) >= 11 is 0. The minimum Gasteiger partial charge on any atom is -1.00 e. The molecule has 3 rings (SSSR count). The summed E-state index contributed by atoms with van der Waals surface area (Å²) in [6, 6.07) is 23.3. The van der Waals surface area contributed by atoms with Crippen LogP contribution in [0.3, 0.4) is 0 Å². The SMILES string of the molecule is Cc1cc(C)cc(C)c1.[H-].[H-].[Li+].[Na+].c1ccc2ccccc2c1. The number of aryl methyl sites for hydroxylation is 3. The maximum absolute atomic E-state index is 2.19. The van der Waals surface area contributed by atoms with Gasteiger partial charge in [0.05, 0.1) is 0 Å². The molecule has 0 aliphatic carbocycles. The summed E-state index contributed by atoms with van der Waals surface area (Å²) in [6.45, 7) is 6.38. The van der Waals surface area contributed by atoms with Crippen molar-refractivity contribution in [2.45, 2.75) is 20.8 Å². The Morgan fingerprint density at radius 1 is 0.571 bits per heavy atom. The molecule has 0 amide bonds. The van der Waals surface area contributed by atoms with Gasteiger partial charge in [0.25, 0.3) is 0 Å². The van der Waals surface area contributed by atoms with Gasteiger partial charge in [-0.1, -0.05) is 83.4 Å². The van der Waals surface area contributed by atoms with Gasteiger partial charge in [-0.25, -0.2) is 0 Å². The molecule has 3 aromatic carbocycles. The van der Waals surface area contributed by atoms with Crippen LogP contribution in [0.25, 0.3) is 10.8 Å². The number of fused-ring (bicyclic) bond motifs is 1. The Morgan fingerprint density at radius 3 is 1.05 bits per heavy atom. The van der Waals surface area contributed by atoms with Gasteiger partial charge < -0.3 is 2.85 Å². The first-order valence-corrected chi connectivity index (χ1v) is 6.64. The molecular formula is C19H22LiNa. The largest absolute Gasteiger partial charge is 1.00 e. The van der Waals surface area contributed by atoms with Gasteiger partial charge in [-0.2, -0.15) is 0 Å². The summed E-state index contributed by atoms with van der Waals surface area (Å²) in [5.41, 5.74) is 4.06. The van der Waals surface area contributed by atoms with Crippen LogP contribution in [0.15, 0.2) is 66.7 Å². The van der Waals surface area contributed by atoms with Crippen molar-refractivity contribution in [1.82, 2.24) is 0 Å². The Balaban J connectivity index is -0.000000298. The fourth-order valence-corrected chi connectivity index (χ4v) is 2.34. The van der Waals surface area contributed by atoms with Crippen LogP contribution in [-0.2, 0) is 0 Å². The number of hydrogen-bond acceptors (Lipinski definition) is 0. The average Bonchev–Trinajstić information content (AvgIpc) is 2.38. The van der Waals surface area contributed by atoms with Crippen LogP contribution in [0.4, 0.5) is 0 Å². The first-order chi connectivity index (χ1) is 9.15. The van der Waals surface area contributed by atoms with E-state index in [1.807, 2.05) is 0 Å². The van der Waals surface area contributed by atoms with Gasteiger partial charge in [-0.05, 0) is 31.5 Å². The van der Waals surface area contributed by atoms with E-state index in [0.29, 0.717) is 0 Å². The fraction of sp³-hybridized carbons (Fsp3) is 0.158. The van der Waals surface area contributed by atoms with Crippen LogP contribution in [0, 0.1) is 20.8 Å². The third-order valence-corrected chi connectivity index (χ3v) is 3.02. The summed E-state index contributed by atoms with van der Waals surface area (Å²) in [4.78, 5) is 0. The van der Waals surface area contributed by atoms with E-state index in [1.54, 1.807) is 0 Å². The first kappa shape index (κ1) is 20.5. The molecule has 0 nitrogen and oxygen atoms in total. The average molecular weight is 280 g/mol. The van der Waals surface area contributed by atoms with Crippen molar-refractivity contribution in [3.8, 4) is 0 Å². The van der Waals surface area contributed by atoms with Crippen molar-refractivity contribution in [3.05, 3.63) is 83.4 Å². The van der Waals surface area contributed by atoms with E-state index in [2.05, 4.69) is 87.5 Å². The van der Waals surface area contributed by atoms with Gasteiger partial charge in [0.1, 0.15) is 0 Å². The second kappa shape index (κ2) is 10.3. The van der Waals surface area contributed by atoms with Gasteiger partial charge in [-0.3, -0.25) is 0 Å². The van der Waals surface area contributed by atoms with E-state index < -0.39 is 0 Å². The van der Waals surface area contributed by atoms with E-state index in [1.165, 1.54) is 27.5 Å². The molecule has 0 spiro atoms. The molecule has 0 atom stereocenters. The van der Waals surface area contributed by atoms with Gasteiger partial charge in [0, 0.05) is 0 Å². The Morgan fingerprint density at radius 2 is 0.810 bits per heavy atom. The van der Waals surface area contributed by atoms with E-state index in [9.17, 15) is 0 Å². The molecule has 2 heteroatoms. The second-order valence-corrected chi connectivity index (χ2v) is 5.01. The number of hydrogen-bond donors (Lipinski definition) is 0. The molecular weight excluding hydrogens is 258 g/mol. The zero-order valence-corrected chi connectivity index (χ0v) is 15.9.